The van der Waals surface area contributed by atoms with Crippen molar-refractivity contribution >= 4 is 0 Å². The van der Waals surface area contributed by atoms with Crippen LogP contribution in [0.1, 0.15) is 45.6 Å². The van der Waals surface area contributed by atoms with Crippen molar-refractivity contribution in [1.29, 1.82) is 0 Å². The van der Waals surface area contributed by atoms with Crippen molar-refractivity contribution in [1.82, 2.24) is 0 Å². The van der Waals surface area contributed by atoms with Gasteiger partial charge in [-0.15, -0.1) is 0 Å². The first-order valence-corrected chi connectivity index (χ1v) is 7.00. The van der Waals surface area contributed by atoms with Crippen LogP contribution in [0.4, 0.5) is 0 Å². The third-order valence-electron chi connectivity index (χ3n) is 3.11. The molecule has 0 spiro atoms. The highest BCUT2D eigenvalue weighted by molar-refractivity contribution is 5.17. The monoisotopic (exact) mass is 242 g/mol. The van der Waals surface area contributed by atoms with Gasteiger partial charge in [0.2, 0.25) is 0 Å². The fraction of sp³-hybridized carbons (Fsp3) is 0.444. The number of allylic oxidation sites excluding steroid dienone is 4. The van der Waals surface area contributed by atoms with Crippen molar-refractivity contribution in [2.24, 2.45) is 5.92 Å². The number of benzene rings is 1. The average molecular weight is 242 g/mol. The average Bonchev–Trinajstić information content (AvgIpc) is 2.35. The Morgan fingerprint density at radius 3 is 2.50 bits per heavy atom. The summed E-state index contributed by atoms with van der Waals surface area (Å²) in [5.74, 6) is 0.785. The fourth-order valence-electron chi connectivity index (χ4n) is 1.94. The van der Waals surface area contributed by atoms with E-state index in [1.165, 1.54) is 30.4 Å². The van der Waals surface area contributed by atoms with Crippen LogP contribution in [-0.4, -0.2) is 0 Å². The van der Waals surface area contributed by atoms with Crippen molar-refractivity contribution < 1.29 is 0 Å². The van der Waals surface area contributed by atoms with Crippen LogP contribution in [0.15, 0.2) is 54.1 Å². The summed E-state index contributed by atoms with van der Waals surface area (Å²) < 4.78 is 0. The Morgan fingerprint density at radius 1 is 1.11 bits per heavy atom. The molecule has 0 heteroatoms. The Kier molecular flexibility index (Phi) is 7.17. The molecular formula is C18H26. The maximum atomic E-state index is 2.34. The summed E-state index contributed by atoms with van der Waals surface area (Å²) in [4.78, 5) is 0. The summed E-state index contributed by atoms with van der Waals surface area (Å²) >= 11 is 0. The molecule has 0 amide bonds. The van der Waals surface area contributed by atoms with Gasteiger partial charge in [0, 0.05) is 0 Å². The predicted octanol–water partition coefficient (Wildman–Crippen LogP) is 5.56. The van der Waals surface area contributed by atoms with E-state index in [1.807, 2.05) is 0 Å². The van der Waals surface area contributed by atoms with Crippen LogP contribution in [-0.2, 0) is 6.42 Å². The molecule has 1 rings (SSSR count). The molecule has 0 N–H and O–H groups in total. The largest absolute Gasteiger partial charge is 0.0879 e. The van der Waals surface area contributed by atoms with Gasteiger partial charge in [-0.05, 0) is 51.0 Å². The van der Waals surface area contributed by atoms with E-state index in [0.29, 0.717) is 0 Å². The molecule has 0 unspecified atom stereocenters. The molecule has 0 aliphatic carbocycles. The molecular weight excluding hydrogens is 216 g/mol. The first kappa shape index (κ1) is 14.8. The number of hydrogen-bond acceptors (Lipinski definition) is 0. The molecule has 0 aromatic heterocycles. The van der Waals surface area contributed by atoms with Gasteiger partial charge in [0.05, 0.1) is 0 Å². The highest BCUT2D eigenvalue weighted by Crippen LogP contribution is 2.12. The maximum absolute atomic E-state index is 2.34. The van der Waals surface area contributed by atoms with Gasteiger partial charge in [-0.3, -0.25) is 0 Å². The van der Waals surface area contributed by atoms with Crippen molar-refractivity contribution in [3.63, 3.8) is 0 Å². The number of hydrogen-bond donors (Lipinski definition) is 0. The standard InChI is InChI=1S/C18H26/c1-16(2)10-9-12-17(3)11-7-8-15-18-13-5-4-6-14-18/h4-8,10,13-14,17H,9,11-12,15H2,1-3H3/t17-/m1/s1. The van der Waals surface area contributed by atoms with E-state index in [4.69, 9.17) is 0 Å². The first-order chi connectivity index (χ1) is 8.68. The minimum Gasteiger partial charge on any atom is -0.0879 e. The molecule has 0 radical (unpaired) electrons. The van der Waals surface area contributed by atoms with Crippen molar-refractivity contribution in [3.8, 4) is 0 Å². The Balaban J connectivity index is 2.18. The lowest BCUT2D eigenvalue weighted by Crippen LogP contribution is -1.91. The SMILES string of the molecule is CC(C)=CCC[C@H](C)CC=CCc1ccccc1. The first-order valence-electron chi connectivity index (χ1n) is 7.00. The fourth-order valence-corrected chi connectivity index (χ4v) is 1.94. The Bertz CT molecular complexity index is 366. The van der Waals surface area contributed by atoms with Crippen LogP contribution in [0.5, 0.6) is 0 Å². The van der Waals surface area contributed by atoms with E-state index in [0.717, 1.165) is 12.3 Å². The Labute approximate surface area is 112 Å². The predicted molar refractivity (Wildman–Crippen MR) is 81.7 cm³/mol. The smallest absolute Gasteiger partial charge is 0.00975 e. The van der Waals surface area contributed by atoms with Crippen molar-refractivity contribution in [2.45, 2.75) is 46.5 Å². The van der Waals surface area contributed by atoms with Crippen LogP contribution in [0.2, 0.25) is 0 Å². The lowest BCUT2D eigenvalue weighted by Gasteiger charge is -2.06. The normalized spacial score (nSPS) is 12.6. The number of rotatable bonds is 7. The molecule has 0 saturated heterocycles. The second-order valence-electron chi connectivity index (χ2n) is 5.36. The lowest BCUT2D eigenvalue weighted by molar-refractivity contribution is 0.545. The highest BCUT2D eigenvalue weighted by atomic mass is 14.0. The molecule has 0 saturated carbocycles. The second-order valence-corrected chi connectivity index (χ2v) is 5.36. The molecule has 1 atom stereocenters. The van der Waals surface area contributed by atoms with Crippen LogP contribution in [0.3, 0.4) is 0 Å². The Morgan fingerprint density at radius 2 is 1.83 bits per heavy atom. The molecule has 0 fully saturated rings. The summed E-state index contributed by atoms with van der Waals surface area (Å²) in [6, 6.07) is 10.6. The summed E-state index contributed by atoms with van der Waals surface area (Å²) in [6.45, 7) is 6.68. The summed E-state index contributed by atoms with van der Waals surface area (Å²) in [6.07, 6.45) is 11.7. The molecule has 1 aromatic rings. The molecule has 0 bridgehead atoms. The van der Waals surface area contributed by atoms with E-state index in [2.05, 4.69) is 69.3 Å². The van der Waals surface area contributed by atoms with E-state index >= 15 is 0 Å². The molecule has 0 aliphatic rings. The maximum Gasteiger partial charge on any atom is -0.00975 e. The zero-order valence-electron chi connectivity index (χ0n) is 12.0. The zero-order chi connectivity index (χ0) is 13.2. The molecule has 1 aromatic carbocycles. The molecule has 98 valence electrons. The molecule has 18 heavy (non-hydrogen) atoms. The third-order valence-corrected chi connectivity index (χ3v) is 3.11. The van der Waals surface area contributed by atoms with Crippen LogP contribution < -0.4 is 0 Å². The van der Waals surface area contributed by atoms with E-state index in [9.17, 15) is 0 Å². The summed E-state index contributed by atoms with van der Waals surface area (Å²) in [5.41, 5.74) is 2.83. The molecule has 0 aliphatic heterocycles. The van der Waals surface area contributed by atoms with E-state index in [1.54, 1.807) is 0 Å². The van der Waals surface area contributed by atoms with E-state index in [-0.39, 0.29) is 0 Å². The van der Waals surface area contributed by atoms with Gasteiger partial charge in [-0.2, -0.15) is 0 Å². The second kappa shape index (κ2) is 8.74. The lowest BCUT2D eigenvalue weighted by atomic mass is 10.0. The minimum atomic E-state index is 0.785. The summed E-state index contributed by atoms with van der Waals surface area (Å²) in [5, 5.41) is 0. The topological polar surface area (TPSA) is 0 Å². The van der Waals surface area contributed by atoms with Crippen LogP contribution in [0, 0.1) is 5.92 Å². The van der Waals surface area contributed by atoms with Gasteiger partial charge < -0.3 is 0 Å². The minimum absolute atomic E-state index is 0.785. The van der Waals surface area contributed by atoms with Gasteiger partial charge in [0.25, 0.3) is 0 Å². The molecule has 0 heterocycles. The van der Waals surface area contributed by atoms with Crippen molar-refractivity contribution in [2.75, 3.05) is 0 Å². The summed E-state index contributed by atoms with van der Waals surface area (Å²) in [7, 11) is 0. The highest BCUT2D eigenvalue weighted by Gasteiger charge is 1.97. The molecule has 0 nitrogen and oxygen atoms in total. The van der Waals surface area contributed by atoms with Gasteiger partial charge >= 0.3 is 0 Å². The van der Waals surface area contributed by atoms with E-state index < -0.39 is 0 Å². The van der Waals surface area contributed by atoms with Crippen molar-refractivity contribution in [3.05, 3.63) is 59.7 Å². The van der Waals surface area contributed by atoms with Crippen LogP contribution in [0.25, 0.3) is 0 Å². The van der Waals surface area contributed by atoms with Gasteiger partial charge in [0.15, 0.2) is 0 Å². The quantitative estimate of drug-likeness (QED) is 0.549. The Hall–Kier alpha value is -1.30. The zero-order valence-corrected chi connectivity index (χ0v) is 12.0. The van der Waals surface area contributed by atoms with Gasteiger partial charge in [0.1, 0.15) is 0 Å². The third kappa shape index (κ3) is 7.11. The van der Waals surface area contributed by atoms with Crippen LogP contribution >= 0.6 is 0 Å². The van der Waals surface area contributed by atoms with Gasteiger partial charge in [-0.25, -0.2) is 0 Å². The van der Waals surface area contributed by atoms with Gasteiger partial charge in [-0.1, -0.05) is 61.1 Å².